The van der Waals surface area contributed by atoms with E-state index in [1.165, 1.54) is 0 Å². The molecule has 3 rings (SSSR count). The predicted molar refractivity (Wildman–Crippen MR) is 70.9 cm³/mol. The van der Waals surface area contributed by atoms with Crippen LogP contribution in [0.5, 0.6) is 0 Å². The molecule has 1 aliphatic heterocycles. The molecule has 0 fully saturated rings. The van der Waals surface area contributed by atoms with Crippen molar-refractivity contribution >= 4 is 23.2 Å². The summed E-state index contributed by atoms with van der Waals surface area (Å²) in [6.45, 7) is 2.55. The summed E-state index contributed by atoms with van der Waals surface area (Å²) < 4.78 is 0. The van der Waals surface area contributed by atoms with Crippen LogP contribution in [-0.4, -0.2) is 10.9 Å². The number of halogens is 1. The van der Waals surface area contributed by atoms with Crippen LogP contribution in [0, 0.1) is 6.92 Å². The van der Waals surface area contributed by atoms with E-state index in [0.717, 1.165) is 16.8 Å². The SMILES string of the molecule is Cc1cc(Cl)ccc1N1Cc2ccncc2C1=O. The molecule has 0 spiro atoms. The number of nitrogens with zero attached hydrogens (tertiary/aromatic N) is 2. The van der Waals surface area contributed by atoms with Gasteiger partial charge in [-0.05, 0) is 42.3 Å². The van der Waals surface area contributed by atoms with Crippen LogP contribution in [0.25, 0.3) is 0 Å². The van der Waals surface area contributed by atoms with Gasteiger partial charge in [0, 0.05) is 23.1 Å². The van der Waals surface area contributed by atoms with Crippen LogP contribution in [0.2, 0.25) is 5.02 Å². The number of rotatable bonds is 1. The van der Waals surface area contributed by atoms with Crippen molar-refractivity contribution in [3.8, 4) is 0 Å². The van der Waals surface area contributed by atoms with Gasteiger partial charge in [-0.15, -0.1) is 0 Å². The van der Waals surface area contributed by atoms with Gasteiger partial charge in [-0.1, -0.05) is 11.6 Å². The Hall–Kier alpha value is -1.87. The second-order valence-electron chi connectivity index (χ2n) is 4.35. The van der Waals surface area contributed by atoms with E-state index in [1.54, 1.807) is 23.4 Å². The number of aryl methyl sites for hydroxylation is 1. The lowest BCUT2D eigenvalue weighted by atomic mass is 10.2. The Morgan fingerprint density at radius 2 is 2.17 bits per heavy atom. The van der Waals surface area contributed by atoms with Gasteiger partial charge in [-0.2, -0.15) is 0 Å². The van der Waals surface area contributed by atoms with Gasteiger partial charge in [0.1, 0.15) is 0 Å². The number of hydrogen-bond donors (Lipinski definition) is 0. The molecule has 2 aromatic rings. The third kappa shape index (κ3) is 1.68. The predicted octanol–water partition coefficient (Wildman–Crippen LogP) is 3.20. The highest BCUT2D eigenvalue weighted by atomic mass is 35.5. The molecule has 0 radical (unpaired) electrons. The normalized spacial score (nSPS) is 13.9. The molecule has 0 saturated carbocycles. The van der Waals surface area contributed by atoms with Crippen molar-refractivity contribution < 1.29 is 4.79 Å². The first-order valence-corrected chi connectivity index (χ1v) is 6.05. The van der Waals surface area contributed by atoms with Crippen LogP contribution in [0.1, 0.15) is 21.5 Å². The summed E-state index contributed by atoms with van der Waals surface area (Å²) in [6.07, 6.45) is 3.34. The number of anilines is 1. The van der Waals surface area contributed by atoms with Gasteiger partial charge in [0.15, 0.2) is 0 Å². The molecule has 0 unspecified atom stereocenters. The Balaban J connectivity index is 2.04. The van der Waals surface area contributed by atoms with Crippen molar-refractivity contribution in [2.45, 2.75) is 13.5 Å². The molecule has 0 atom stereocenters. The largest absolute Gasteiger partial charge is 0.304 e. The van der Waals surface area contributed by atoms with Crippen LogP contribution < -0.4 is 4.90 Å². The molecule has 0 bridgehead atoms. The van der Waals surface area contributed by atoms with E-state index in [1.807, 2.05) is 25.1 Å². The van der Waals surface area contributed by atoms with Gasteiger partial charge in [0.2, 0.25) is 0 Å². The lowest BCUT2D eigenvalue weighted by Crippen LogP contribution is -2.23. The third-order valence-electron chi connectivity index (χ3n) is 3.17. The van der Waals surface area contributed by atoms with Gasteiger partial charge in [0.05, 0.1) is 12.1 Å². The zero-order chi connectivity index (χ0) is 12.7. The maximum atomic E-state index is 12.3. The van der Waals surface area contributed by atoms with Gasteiger partial charge in [-0.25, -0.2) is 0 Å². The molecule has 0 N–H and O–H groups in total. The zero-order valence-electron chi connectivity index (χ0n) is 9.85. The van der Waals surface area contributed by atoms with Crippen LogP contribution in [0.15, 0.2) is 36.7 Å². The number of hydrogen-bond acceptors (Lipinski definition) is 2. The summed E-state index contributed by atoms with van der Waals surface area (Å²) >= 11 is 5.94. The minimum absolute atomic E-state index is 0.00326. The topological polar surface area (TPSA) is 33.2 Å². The molecule has 3 nitrogen and oxygen atoms in total. The van der Waals surface area contributed by atoms with Crippen molar-refractivity contribution in [2.24, 2.45) is 0 Å². The van der Waals surface area contributed by atoms with Crippen LogP contribution in [-0.2, 0) is 6.54 Å². The minimum Gasteiger partial charge on any atom is -0.304 e. The van der Waals surface area contributed by atoms with E-state index in [2.05, 4.69) is 4.98 Å². The smallest absolute Gasteiger partial charge is 0.260 e. The Bertz CT molecular complexity index is 639. The lowest BCUT2D eigenvalue weighted by Gasteiger charge is -2.18. The van der Waals surface area contributed by atoms with E-state index >= 15 is 0 Å². The van der Waals surface area contributed by atoms with Gasteiger partial charge in [-0.3, -0.25) is 9.78 Å². The fourth-order valence-electron chi connectivity index (χ4n) is 2.26. The minimum atomic E-state index is 0.00326. The highest BCUT2D eigenvalue weighted by Crippen LogP contribution is 2.31. The first kappa shape index (κ1) is 11.2. The summed E-state index contributed by atoms with van der Waals surface area (Å²) in [7, 11) is 0. The molecule has 0 saturated heterocycles. The average molecular weight is 259 g/mol. The number of pyridine rings is 1. The van der Waals surface area contributed by atoms with E-state index in [-0.39, 0.29) is 5.91 Å². The molecule has 4 heteroatoms. The number of carbonyl (C=O) groups is 1. The zero-order valence-corrected chi connectivity index (χ0v) is 10.6. The first-order valence-electron chi connectivity index (χ1n) is 5.68. The summed E-state index contributed by atoms with van der Waals surface area (Å²) in [5.74, 6) is 0.00326. The number of aromatic nitrogens is 1. The number of benzene rings is 1. The van der Waals surface area contributed by atoms with Crippen molar-refractivity contribution in [2.75, 3.05) is 4.90 Å². The van der Waals surface area contributed by atoms with E-state index < -0.39 is 0 Å². The molecule has 90 valence electrons. The highest BCUT2D eigenvalue weighted by Gasteiger charge is 2.29. The van der Waals surface area contributed by atoms with Crippen molar-refractivity contribution in [3.63, 3.8) is 0 Å². The van der Waals surface area contributed by atoms with Gasteiger partial charge in [0.25, 0.3) is 5.91 Å². The maximum Gasteiger partial charge on any atom is 0.260 e. The van der Waals surface area contributed by atoms with Crippen LogP contribution in [0.3, 0.4) is 0 Å². The van der Waals surface area contributed by atoms with Crippen molar-refractivity contribution in [1.29, 1.82) is 0 Å². The average Bonchev–Trinajstić information content (AvgIpc) is 2.68. The Labute approximate surface area is 110 Å². The Morgan fingerprint density at radius 3 is 2.89 bits per heavy atom. The van der Waals surface area contributed by atoms with Crippen LogP contribution in [0.4, 0.5) is 5.69 Å². The van der Waals surface area contributed by atoms with Crippen LogP contribution >= 0.6 is 11.6 Å². The third-order valence-corrected chi connectivity index (χ3v) is 3.40. The summed E-state index contributed by atoms with van der Waals surface area (Å²) in [5, 5.41) is 0.682. The van der Waals surface area contributed by atoms with Gasteiger partial charge >= 0.3 is 0 Å². The molecule has 2 heterocycles. The molecule has 1 aromatic carbocycles. The molecule has 18 heavy (non-hydrogen) atoms. The number of amides is 1. The fourth-order valence-corrected chi connectivity index (χ4v) is 2.48. The second kappa shape index (κ2) is 4.10. The molecular weight excluding hydrogens is 248 g/mol. The Morgan fingerprint density at radius 1 is 1.33 bits per heavy atom. The monoisotopic (exact) mass is 258 g/mol. The molecule has 1 amide bonds. The van der Waals surface area contributed by atoms with E-state index in [9.17, 15) is 4.79 Å². The lowest BCUT2D eigenvalue weighted by molar-refractivity contribution is 0.0996. The van der Waals surface area contributed by atoms with E-state index in [0.29, 0.717) is 17.1 Å². The molecular formula is C14H11ClN2O. The fraction of sp³-hybridized carbons (Fsp3) is 0.143. The molecule has 1 aliphatic rings. The summed E-state index contributed by atoms with van der Waals surface area (Å²) in [4.78, 5) is 18.1. The first-order chi connectivity index (χ1) is 8.66. The van der Waals surface area contributed by atoms with Gasteiger partial charge < -0.3 is 4.90 Å². The number of carbonyl (C=O) groups excluding carboxylic acids is 1. The van der Waals surface area contributed by atoms with E-state index in [4.69, 9.17) is 11.6 Å². The standard InChI is InChI=1S/C14H11ClN2O/c1-9-6-11(15)2-3-13(9)17-8-10-4-5-16-7-12(10)14(17)18/h2-7H,8H2,1H3. The second-order valence-corrected chi connectivity index (χ2v) is 4.79. The van der Waals surface area contributed by atoms with Crippen molar-refractivity contribution in [1.82, 2.24) is 4.98 Å². The molecule has 1 aromatic heterocycles. The summed E-state index contributed by atoms with van der Waals surface area (Å²) in [5.41, 5.74) is 3.61. The summed E-state index contributed by atoms with van der Waals surface area (Å²) in [6, 6.07) is 7.44. The molecule has 0 aliphatic carbocycles. The quantitative estimate of drug-likeness (QED) is 0.787. The van der Waals surface area contributed by atoms with Crippen molar-refractivity contribution in [3.05, 3.63) is 58.4 Å². The Kier molecular flexibility index (Phi) is 2.56. The number of fused-ring (bicyclic) bond motifs is 1. The highest BCUT2D eigenvalue weighted by molar-refractivity contribution is 6.30. The maximum absolute atomic E-state index is 12.3.